The van der Waals surface area contributed by atoms with Crippen molar-refractivity contribution in [3.05, 3.63) is 95.6 Å². The highest BCUT2D eigenvalue weighted by molar-refractivity contribution is 5.63. The van der Waals surface area contributed by atoms with Gasteiger partial charge in [0, 0.05) is 0 Å². The molecule has 4 aliphatic carbocycles. The van der Waals surface area contributed by atoms with Crippen LogP contribution in [0.4, 0.5) is 0 Å². The predicted molar refractivity (Wildman–Crippen MR) is 127 cm³/mol. The van der Waals surface area contributed by atoms with Gasteiger partial charge in [-0.1, -0.05) is 78.9 Å². The molecule has 1 N–H and O–H groups in total. The first-order valence-corrected chi connectivity index (χ1v) is 12.3. The van der Waals surface area contributed by atoms with Crippen molar-refractivity contribution in [2.24, 2.45) is 17.8 Å². The van der Waals surface area contributed by atoms with Crippen molar-refractivity contribution < 1.29 is 0 Å². The lowest BCUT2D eigenvalue weighted by Gasteiger charge is -2.57. The fourth-order valence-corrected chi connectivity index (χ4v) is 7.74. The van der Waals surface area contributed by atoms with Crippen molar-refractivity contribution in [1.82, 2.24) is 5.32 Å². The van der Waals surface area contributed by atoms with Crippen LogP contribution in [0, 0.1) is 17.8 Å². The average Bonchev–Trinajstić information content (AvgIpc) is 3.60. The molecule has 0 radical (unpaired) electrons. The van der Waals surface area contributed by atoms with Crippen LogP contribution in [0.15, 0.2) is 78.9 Å². The highest BCUT2D eigenvalue weighted by Crippen LogP contribution is 2.60. The van der Waals surface area contributed by atoms with E-state index in [1.165, 1.54) is 60.8 Å². The van der Waals surface area contributed by atoms with Crippen molar-refractivity contribution in [3.8, 4) is 11.1 Å². The Labute approximate surface area is 185 Å². The molecule has 1 saturated heterocycles. The minimum Gasteiger partial charge on any atom is -0.300 e. The van der Waals surface area contributed by atoms with E-state index in [4.69, 9.17) is 0 Å². The quantitative estimate of drug-likeness (QED) is 0.455. The summed E-state index contributed by atoms with van der Waals surface area (Å²) in [4.78, 5) is 0. The molecule has 0 spiro atoms. The summed E-state index contributed by atoms with van der Waals surface area (Å²) >= 11 is 0. The van der Waals surface area contributed by atoms with E-state index >= 15 is 0 Å². The minimum atomic E-state index is 0.454. The number of hydrogen-bond acceptors (Lipinski definition) is 1. The molecule has 2 atom stereocenters. The molecule has 2 unspecified atom stereocenters. The summed E-state index contributed by atoms with van der Waals surface area (Å²) in [5.41, 5.74) is 7.58. The number of rotatable bonds is 4. The Morgan fingerprint density at radius 3 is 1.58 bits per heavy atom. The Morgan fingerprint density at radius 2 is 1.03 bits per heavy atom. The van der Waals surface area contributed by atoms with Gasteiger partial charge in [-0.25, -0.2) is 0 Å². The Balaban J connectivity index is 1.08. The summed E-state index contributed by atoms with van der Waals surface area (Å²) in [5, 5.41) is 3.72. The third-order valence-electron chi connectivity index (χ3n) is 8.88. The molecule has 3 aromatic carbocycles. The zero-order valence-corrected chi connectivity index (χ0v) is 18.1. The third kappa shape index (κ3) is 3.09. The standard InChI is InChI=1S/C30H31N/c1-2-4-23(5-3-1)24-6-8-25(9-7-24)28-29(31-28)26-10-12-27(13-11-26)30-17-20-14-21(18-30)16-22(15-20)19-30/h1-13,20-22,28-29,31H,14-19H2. The molecular weight excluding hydrogens is 374 g/mol. The highest BCUT2D eigenvalue weighted by atomic mass is 15.1. The van der Waals surface area contributed by atoms with Gasteiger partial charge < -0.3 is 0 Å². The number of nitrogens with one attached hydrogen (secondary N) is 1. The monoisotopic (exact) mass is 405 g/mol. The lowest BCUT2D eigenvalue weighted by molar-refractivity contribution is -0.00519. The molecule has 5 fully saturated rings. The van der Waals surface area contributed by atoms with Gasteiger partial charge >= 0.3 is 0 Å². The molecule has 4 saturated carbocycles. The largest absolute Gasteiger partial charge is 0.300 e. The van der Waals surface area contributed by atoms with E-state index in [1.807, 2.05) is 0 Å². The van der Waals surface area contributed by atoms with Crippen LogP contribution in [0.3, 0.4) is 0 Å². The zero-order valence-electron chi connectivity index (χ0n) is 18.1. The summed E-state index contributed by atoms with van der Waals surface area (Å²) in [6.07, 6.45) is 8.93. The summed E-state index contributed by atoms with van der Waals surface area (Å²) < 4.78 is 0. The van der Waals surface area contributed by atoms with E-state index < -0.39 is 0 Å². The molecule has 3 aromatic rings. The van der Waals surface area contributed by atoms with E-state index in [2.05, 4.69) is 84.2 Å². The highest BCUT2D eigenvalue weighted by Gasteiger charge is 2.51. The third-order valence-corrected chi connectivity index (χ3v) is 8.88. The summed E-state index contributed by atoms with van der Waals surface area (Å²) in [6.45, 7) is 0. The van der Waals surface area contributed by atoms with Gasteiger partial charge in [0.2, 0.25) is 0 Å². The second kappa shape index (κ2) is 6.81. The lowest BCUT2D eigenvalue weighted by atomic mass is 9.48. The molecule has 31 heavy (non-hydrogen) atoms. The maximum absolute atomic E-state index is 3.72. The molecule has 0 aromatic heterocycles. The van der Waals surface area contributed by atoms with Crippen molar-refractivity contribution >= 4 is 0 Å². The summed E-state index contributed by atoms with van der Waals surface area (Å²) in [7, 11) is 0. The normalized spacial score (nSPS) is 35.3. The van der Waals surface area contributed by atoms with Crippen LogP contribution in [-0.4, -0.2) is 0 Å². The van der Waals surface area contributed by atoms with Gasteiger partial charge in [0.1, 0.15) is 0 Å². The summed E-state index contributed by atoms with van der Waals surface area (Å²) in [5.74, 6) is 3.04. The van der Waals surface area contributed by atoms with E-state index in [0.29, 0.717) is 17.5 Å². The molecule has 8 rings (SSSR count). The second-order valence-corrected chi connectivity index (χ2v) is 10.9. The lowest BCUT2D eigenvalue weighted by Crippen LogP contribution is -2.48. The van der Waals surface area contributed by atoms with Crippen LogP contribution in [0.25, 0.3) is 11.1 Å². The molecule has 1 heterocycles. The fraction of sp³-hybridized carbons (Fsp3) is 0.400. The van der Waals surface area contributed by atoms with Gasteiger partial charge in [-0.05, 0) is 89.5 Å². The Hall–Kier alpha value is -2.38. The van der Waals surface area contributed by atoms with Gasteiger partial charge in [-0.2, -0.15) is 0 Å². The van der Waals surface area contributed by atoms with E-state index in [0.717, 1.165) is 17.8 Å². The van der Waals surface area contributed by atoms with Gasteiger partial charge in [0.25, 0.3) is 0 Å². The number of benzene rings is 3. The molecule has 1 nitrogen and oxygen atoms in total. The van der Waals surface area contributed by atoms with E-state index in [9.17, 15) is 0 Å². The Morgan fingerprint density at radius 1 is 0.548 bits per heavy atom. The first-order chi connectivity index (χ1) is 15.3. The van der Waals surface area contributed by atoms with Crippen LogP contribution in [0.2, 0.25) is 0 Å². The van der Waals surface area contributed by atoms with Gasteiger partial charge in [0.15, 0.2) is 0 Å². The first-order valence-electron chi connectivity index (χ1n) is 12.3. The van der Waals surface area contributed by atoms with Gasteiger partial charge in [-0.3, -0.25) is 5.32 Å². The topological polar surface area (TPSA) is 21.9 Å². The van der Waals surface area contributed by atoms with Gasteiger partial charge in [0.05, 0.1) is 12.1 Å². The SMILES string of the molecule is c1ccc(-c2ccc(C3NC3c3ccc(C45CC6CC(CC(C6)C4)C5)cc3)cc2)cc1. The van der Waals surface area contributed by atoms with Gasteiger partial charge in [-0.15, -0.1) is 0 Å². The Kier molecular flexibility index (Phi) is 4.00. The van der Waals surface area contributed by atoms with Crippen LogP contribution in [-0.2, 0) is 5.41 Å². The molecule has 4 bridgehead atoms. The smallest absolute Gasteiger partial charge is 0.0523 e. The van der Waals surface area contributed by atoms with Crippen molar-refractivity contribution in [2.45, 2.75) is 56.0 Å². The molecular formula is C30H31N. The first kappa shape index (κ1) is 18.2. The van der Waals surface area contributed by atoms with E-state index in [-0.39, 0.29) is 0 Å². The maximum Gasteiger partial charge on any atom is 0.0523 e. The van der Waals surface area contributed by atoms with Crippen LogP contribution in [0.5, 0.6) is 0 Å². The summed E-state index contributed by atoms with van der Waals surface area (Å²) in [6, 6.07) is 30.5. The maximum atomic E-state index is 3.72. The number of hydrogen-bond donors (Lipinski definition) is 1. The average molecular weight is 406 g/mol. The molecule has 156 valence electrons. The van der Waals surface area contributed by atoms with Crippen molar-refractivity contribution in [3.63, 3.8) is 0 Å². The van der Waals surface area contributed by atoms with E-state index in [1.54, 1.807) is 5.56 Å². The predicted octanol–water partition coefficient (Wildman–Crippen LogP) is 7.21. The fourth-order valence-electron chi connectivity index (χ4n) is 7.74. The minimum absolute atomic E-state index is 0.454. The molecule has 1 aliphatic heterocycles. The Bertz CT molecular complexity index is 1040. The van der Waals surface area contributed by atoms with Crippen LogP contribution >= 0.6 is 0 Å². The molecule has 5 aliphatic rings. The van der Waals surface area contributed by atoms with Crippen LogP contribution in [0.1, 0.15) is 67.3 Å². The van der Waals surface area contributed by atoms with Crippen molar-refractivity contribution in [1.29, 1.82) is 0 Å². The van der Waals surface area contributed by atoms with Crippen LogP contribution < -0.4 is 5.32 Å². The second-order valence-electron chi connectivity index (χ2n) is 10.9. The molecule has 1 heteroatoms. The zero-order chi connectivity index (χ0) is 20.4. The molecule has 0 amide bonds. The van der Waals surface area contributed by atoms with Crippen molar-refractivity contribution in [2.75, 3.05) is 0 Å².